The maximum Gasteiger partial charge on any atom is 0.291 e. The number of benzene rings is 1. The van der Waals surface area contributed by atoms with Gasteiger partial charge in [-0.2, -0.15) is 0 Å². The van der Waals surface area contributed by atoms with Crippen LogP contribution in [-0.2, 0) is 11.3 Å². The highest BCUT2D eigenvalue weighted by molar-refractivity contribution is 7.18. The molecule has 3 rings (SSSR count). The Hall–Kier alpha value is -2.90. The zero-order valence-corrected chi connectivity index (χ0v) is 14.3. The van der Waals surface area contributed by atoms with Crippen molar-refractivity contribution in [3.8, 4) is 0 Å². The van der Waals surface area contributed by atoms with Gasteiger partial charge in [-0.3, -0.25) is 9.59 Å². The number of anilines is 2. The molecule has 0 aliphatic rings. The largest absolute Gasteiger partial charge is 0.459 e. The minimum atomic E-state index is -0.355. The van der Waals surface area contributed by atoms with Gasteiger partial charge in [-0.05, 0) is 42.0 Å². The van der Waals surface area contributed by atoms with Crippen LogP contribution in [0.15, 0.2) is 59.2 Å². The zero-order valence-electron chi connectivity index (χ0n) is 13.4. The predicted octanol–water partition coefficient (Wildman–Crippen LogP) is 3.99. The van der Waals surface area contributed by atoms with Gasteiger partial charge in [0.2, 0.25) is 0 Å². The van der Waals surface area contributed by atoms with E-state index in [4.69, 9.17) is 9.15 Å². The van der Waals surface area contributed by atoms with Crippen molar-refractivity contribution < 1.29 is 18.7 Å². The fraction of sp³-hybridized carbons (Fsp3) is 0.111. The quantitative estimate of drug-likeness (QED) is 0.700. The summed E-state index contributed by atoms with van der Waals surface area (Å²) in [6, 6.07) is 14.0. The van der Waals surface area contributed by atoms with Crippen LogP contribution in [0.2, 0.25) is 0 Å². The summed E-state index contributed by atoms with van der Waals surface area (Å²) in [5.41, 5.74) is 1.66. The van der Waals surface area contributed by atoms with Crippen molar-refractivity contribution in [1.29, 1.82) is 0 Å². The number of rotatable bonds is 6. The Morgan fingerprint density at radius 1 is 1.08 bits per heavy atom. The van der Waals surface area contributed by atoms with Crippen LogP contribution in [0.3, 0.4) is 0 Å². The van der Waals surface area contributed by atoms with Crippen molar-refractivity contribution in [1.82, 2.24) is 0 Å². The molecule has 0 fully saturated rings. The van der Waals surface area contributed by atoms with Gasteiger partial charge in [-0.15, -0.1) is 11.3 Å². The standard InChI is InChI=1S/C18H16N2O4S/c1-23-11-12-4-2-5-13(10-12)19-18(22)15-7-8-16(25-15)20-17(21)14-6-3-9-24-14/h2-10H,11H2,1H3,(H,19,22)(H,20,21). The number of amides is 2. The van der Waals surface area contributed by atoms with E-state index in [9.17, 15) is 9.59 Å². The average molecular weight is 356 g/mol. The number of carbonyl (C=O) groups is 2. The van der Waals surface area contributed by atoms with Gasteiger partial charge >= 0.3 is 0 Å². The highest BCUT2D eigenvalue weighted by Crippen LogP contribution is 2.24. The third-order valence-electron chi connectivity index (χ3n) is 3.31. The second-order valence-electron chi connectivity index (χ2n) is 5.18. The first kappa shape index (κ1) is 16.9. The normalized spacial score (nSPS) is 10.4. The lowest BCUT2D eigenvalue weighted by Gasteiger charge is -2.06. The van der Waals surface area contributed by atoms with Gasteiger partial charge in [-0.1, -0.05) is 12.1 Å². The Bertz CT molecular complexity index is 871. The SMILES string of the molecule is COCc1cccc(NC(=O)c2ccc(NC(=O)c3ccco3)s2)c1. The minimum Gasteiger partial charge on any atom is -0.459 e. The van der Waals surface area contributed by atoms with E-state index in [0.29, 0.717) is 22.2 Å². The average Bonchev–Trinajstić information content (AvgIpc) is 3.27. The molecule has 0 aliphatic heterocycles. The molecular weight excluding hydrogens is 340 g/mol. The Balaban J connectivity index is 1.64. The van der Waals surface area contributed by atoms with E-state index in [1.807, 2.05) is 24.3 Å². The number of thiophene rings is 1. The third-order valence-corrected chi connectivity index (χ3v) is 4.31. The molecule has 2 heterocycles. The first-order valence-corrected chi connectivity index (χ1v) is 8.31. The van der Waals surface area contributed by atoms with E-state index in [1.165, 1.54) is 17.6 Å². The van der Waals surface area contributed by atoms with Crippen LogP contribution in [0, 0.1) is 0 Å². The van der Waals surface area contributed by atoms with Gasteiger partial charge in [0.05, 0.1) is 22.7 Å². The van der Waals surface area contributed by atoms with E-state index < -0.39 is 0 Å². The molecule has 7 heteroatoms. The van der Waals surface area contributed by atoms with Crippen molar-refractivity contribution >= 4 is 33.8 Å². The number of hydrogen-bond donors (Lipinski definition) is 2. The molecule has 2 N–H and O–H groups in total. The Kier molecular flexibility index (Phi) is 5.27. The van der Waals surface area contributed by atoms with E-state index in [1.54, 1.807) is 31.4 Å². The van der Waals surface area contributed by atoms with Crippen LogP contribution >= 0.6 is 11.3 Å². The molecule has 3 aromatic rings. The summed E-state index contributed by atoms with van der Waals surface area (Å²) in [7, 11) is 1.62. The van der Waals surface area contributed by atoms with Crippen molar-refractivity contribution in [2.24, 2.45) is 0 Å². The minimum absolute atomic E-state index is 0.217. The Morgan fingerprint density at radius 2 is 1.96 bits per heavy atom. The molecule has 2 aromatic heterocycles. The second kappa shape index (κ2) is 7.78. The molecular formula is C18H16N2O4S. The highest BCUT2D eigenvalue weighted by Gasteiger charge is 2.13. The summed E-state index contributed by atoms with van der Waals surface area (Å²) in [6.07, 6.45) is 1.43. The van der Waals surface area contributed by atoms with Crippen molar-refractivity contribution in [3.63, 3.8) is 0 Å². The number of methoxy groups -OCH3 is 1. The van der Waals surface area contributed by atoms with E-state index in [0.717, 1.165) is 5.56 Å². The molecule has 0 saturated heterocycles. The van der Waals surface area contributed by atoms with Gasteiger partial charge in [-0.25, -0.2) is 0 Å². The highest BCUT2D eigenvalue weighted by atomic mass is 32.1. The fourth-order valence-corrected chi connectivity index (χ4v) is 3.00. The first-order valence-electron chi connectivity index (χ1n) is 7.49. The number of hydrogen-bond acceptors (Lipinski definition) is 5. The number of carbonyl (C=O) groups excluding carboxylic acids is 2. The molecule has 128 valence electrons. The summed E-state index contributed by atoms with van der Waals surface area (Å²) in [5.74, 6) is -0.376. The van der Waals surface area contributed by atoms with E-state index in [2.05, 4.69) is 10.6 Å². The lowest BCUT2D eigenvalue weighted by atomic mass is 10.2. The van der Waals surface area contributed by atoms with Crippen LogP contribution < -0.4 is 10.6 Å². The lowest BCUT2D eigenvalue weighted by Crippen LogP contribution is -2.11. The molecule has 0 radical (unpaired) electrons. The number of nitrogens with one attached hydrogen (secondary N) is 2. The Morgan fingerprint density at radius 3 is 2.72 bits per heavy atom. The van der Waals surface area contributed by atoms with Crippen LogP contribution in [0.4, 0.5) is 10.7 Å². The van der Waals surface area contributed by atoms with Crippen LogP contribution in [0.25, 0.3) is 0 Å². The van der Waals surface area contributed by atoms with Crippen molar-refractivity contribution in [2.75, 3.05) is 17.7 Å². The van der Waals surface area contributed by atoms with Crippen LogP contribution in [0.1, 0.15) is 25.8 Å². The summed E-state index contributed by atoms with van der Waals surface area (Å²) >= 11 is 1.19. The third kappa shape index (κ3) is 4.34. The van der Waals surface area contributed by atoms with Gasteiger partial charge < -0.3 is 19.8 Å². The van der Waals surface area contributed by atoms with Gasteiger partial charge in [0.1, 0.15) is 0 Å². The predicted molar refractivity (Wildman–Crippen MR) is 96.1 cm³/mol. The monoisotopic (exact) mass is 356 g/mol. The number of ether oxygens (including phenoxy) is 1. The summed E-state index contributed by atoms with van der Waals surface area (Å²) in [4.78, 5) is 24.8. The summed E-state index contributed by atoms with van der Waals surface area (Å²) in [5, 5.41) is 6.10. The molecule has 25 heavy (non-hydrogen) atoms. The second-order valence-corrected chi connectivity index (χ2v) is 6.27. The molecule has 6 nitrogen and oxygen atoms in total. The van der Waals surface area contributed by atoms with Gasteiger partial charge in [0.25, 0.3) is 11.8 Å². The molecule has 0 spiro atoms. The fourth-order valence-electron chi connectivity index (χ4n) is 2.21. The van der Waals surface area contributed by atoms with Crippen LogP contribution in [-0.4, -0.2) is 18.9 Å². The zero-order chi connectivity index (χ0) is 17.6. The van der Waals surface area contributed by atoms with Gasteiger partial charge in [0.15, 0.2) is 5.76 Å². The molecule has 0 bridgehead atoms. The smallest absolute Gasteiger partial charge is 0.291 e. The lowest BCUT2D eigenvalue weighted by molar-refractivity contribution is 0.0995. The molecule has 0 aliphatic carbocycles. The van der Waals surface area contributed by atoms with Crippen molar-refractivity contribution in [3.05, 3.63) is 71.0 Å². The van der Waals surface area contributed by atoms with Crippen molar-refractivity contribution in [2.45, 2.75) is 6.61 Å². The maximum atomic E-state index is 12.3. The molecule has 2 amide bonds. The number of furan rings is 1. The van der Waals surface area contributed by atoms with E-state index >= 15 is 0 Å². The maximum absolute atomic E-state index is 12.3. The first-order chi connectivity index (χ1) is 12.2. The van der Waals surface area contributed by atoms with Gasteiger partial charge in [0, 0.05) is 12.8 Å². The summed E-state index contributed by atoms with van der Waals surface area (Å²) in [6.45, 7) is 0.478. The van der Waals surface area contributed by atoms with E-state index in [-0.39, 0.29) is 17.6 Å². The molecule has 0 unspecified atom stereocenters. The Labute approximate surface area is 148 Å². The molecule has 0 saturated carbocycles. The topological polar surface area (TPSA) is 80.6 Å². The molecule has 0 atom stereocenters. The summed E-state index contributed by atoms with van der Waals surface area (Å²) < 4.78 is 10.1. The molecule has 1 aromatic carbocycles. The van der Waals surface area contributed by atoms with Crippen LogP contribution in [0.5, 0.6) is 0 Å².